The normalized spacial score (nSPS) is 16.3. The lowest BCUT2D eigenvalue weighted by atomic mass is 10.1. The fraction of sp³-hybridized carbons (Fsp3) is 0.412. The van der Waals surface area contributed by atoms with Gasteiger partial charge in [-0.25, -0.2) is 4.63 Å². The number of aromatic amines is 1. The molecule has 23 heavy (non-hydrogen) atoms. The summed E-state index contributed by atoms with van der Waals surface area (Å²) >= 11 is 0. The number of aryl methyl sites for hydroxylation is 1. The molecule has 0 amide bonds. The smallest absolute Gasteiger partial charge is 0.196 e. The van der Waals surface area contributed by atoms with Crippen LogP contribution in [0.3, 0.4) is 0 Å². The molecule has 0 radical (unpaired) electrons. The number of aromatic nitrogens is 3. The molecule has 1 aliphatic heterocycles. The maximum Gasteiger partial charge on any atom is 0.196 e. The van der Waals surface area contributed by atoms with E-state index in [9.17, 15) is 0 Å². The number of piperazine rings is 1. The van der Waals surface area contributed by atoms with Crippen LogP contribution < -0.4 is 4.90 Å². The monoisotopic (exact) mass is 311 g/mol. The number of nitrogens with zero attached hydrogens (tertiary/aromatic N) is 4. The summed E-state index contributed by atoms with van der Waals surface area (Å²) in [6.07, 6.45) is 3.22. The van der Waals surface area contributed by atoms with Crippen LogP contribution >= 0.6 is 0 Å². The van der Waals surface area contributed by atoms with Gasteiger partial charge in [0, 0.05) is 49.8 Å². The second kappa shape index (κ2) is 6.04. The van der Waals surface area contributed by atoms with Crippen molar-refractivity contribution < 1.29 is 4.63 Å². The molecule has 3 aromatic rings. The van der Waals surface area contributed by atoms with Gasteiger partial charge in [-0.15, -0.1) is 0 Å². The number of fused-ring (bicyclic) bond motifs is 1. The first kappa shape index (κ1) is 14.3. The van der Waals surface area contributed by atoms with Gasteiger partial charge in [-0.2, -0.15) is 0 Å². The van der Waals surface area contributed by atoms with Gasteiger partial charge in [0.25, 0.3) is 0 Å². The minimum absolute atomic E-state index is 0.872. The van der Waals surface area contributed by atoms with E-state index in [1.54, 1.807) is 0 Å². The van der Waals surface area contributed by atoms with Crippen molar-refractivity contribution in [3.05, 3.63) is 41.7 Å². The van der Waals surface area contributed by atoms with Crippen LogP contribution in [0.1, 0.15) is 11.3 Å². The molecule has 4 rings (SSSR count). The van der Waals surface area contributed by atoms with E-state index in [0.717, 1.165) is 50.7 Å². The highest BCUT2D eigenvalue weighted by Crippen LogP contribution is 2.20. The summed E-state index contributed by atoms with van der Waals surface area (Å²) in [5, 5.41) is 9.21. The lowest BCUT2D eigenvalue weighted by Crippen LogP contribution is -2.47. The Morgan fingerprint density at radius 2 is 1.96 bits per heavy atom. The standard InChI is InChI=1S/C17H21N5O/c1-13-17(20-23-19-13)22-10-8-21(9-11-22)7-6-14-12-18-16-5-3-2-4-15(14)16/h2-5,12,18H,6-11H2,1H3. The molecule has 0 unspecified atom stereocenters. The fourth-order valence-corrected chi connectivity index (χ4v) is 3.31. The number of hydrogen-bond acceptors (Lipinski definition) is 5. The topological polar surface area (TPSA) is 61.2 Å². The Bertz CT molecular complexity index is 785. The zero-order valence-electron chi connectivity index (χ0n) is 13.3. The SMILES string of the molecule is Cc1nonc1N1CCN(CCc2c[nH]c3ccccc23)CC1. The molecule has 1 fully saturated rings. The number of rotatable bonds is 4. The predicted octanol–water partition coefficient (Wildman–Crippen LogP) is 2.22. The molecule has 3 heterocycles. The Morgan fingerprint density at radius 1 is 1.13 bits per heavy atom. The zero-order chi connectivity index (χ0) is 15.6. The number of para-hydroxylation sites is 1. The molecule has 6 nitrogen and oxygen atoms in total. The van der Waals surface area contributed by atoms with E-state index in [4.69, 9.17) is 4.63 Å². The first-order valence-electron chi connectivity index (χ1n) is 8.13. The van der Waals surface area contributed by atoms with Crippen LogP contribution in [-0.2, 0) is 6.42 Å². The number of nitrogens with one attached hydrogen (secondary N) is 1. The Morgan fingerprint density at radius 3 is 2.74 bits per heavy atom. The molecule has 0 bridgehead atoms. The van der Waals surface area contributed by atoms with E-state index in [-0.39, 0.29) is 0 Å². The van der Waals surface area contributed by atoms with Gasteiger partial charge in [0.1, 0.15) is 5.69 Å². The maximum atomic E-state index is 4.80. The van der Waals surface area contributed by atoms with Crippen molar-refractivity contribution in [2.24, 2.45) is 0 Å². The van der Waals surface area contributed by atoms with Gasteiger partial charge in [-0.1, -0.05) is 23.4 Å². The van der Waals surface area contributed by atoms with Crippen molar-refractivity contribution >= 4 is 16.7 Å². The average molecular weight is 311 g/mol. The molecular weight excluding hydrogens is 290 g/mol. The van der Waals surface area contributed by atoms with E-state index < -0.39 is 0 Å². The van der Waals surface area contributed by atoms with Gasteiger partial charge in [-0.3, -0.25) is 4.90 Å². The quantitative estimate of drug-likeness (QED) is 0.800. The summed E-state index contributed by atoms with van der Waals surface area (Å²) in [6, 6.07) is 8.50. The Labute approximate surface area is 135 Å². The summed E-state index contributed by atoms with van der Waals surface area (Å²) in [6.45, 7) is 7.08. The zero-order valence-corrected chi connectivity index (χ0v) is 13.3. The van der Waals surface area contributed by atoms with Crippen LogP contribution in [0.5, 0.6) is 0 Å². The van der Waals surface area contributed by atoms with E-state index in [1.165, 1.54) is 16.5 Å². The third kappa shape index (κ3) is 2.82. The van der Waals surface area contributed by atoms with Crippen LogP contribution in [0.4, 0.5) is 5.82 Å². The molecule has 1 saturated heterocycles. The van der Waals surface area contributed by atoms with Crippen molar-refractivity contribution in [3.8, 4) is 0 Å². The summed E-state index contributed by atoms with van der Waals surface area (Å²) in [4.78, 5) is 8.13. The summed E-state index contributed by atoms with van der Waals surface area (Å²) in [7, 11) is 0. The molecule has 0 atom stereocenters. The first-order valence-corrected chi connectivity index (χ1v) is 8.13. The second-order valence-electron chi connectivity index (χ2n) is 6.11. The molecule has 1 N–H and O–H groups in total. The van der Waals surface area contributed by atoms with Gasteiger partial charge in [0.15, 0.2) is 5.82 Å². The fourth-order valence-electron chi connectivity index (χ4n) is 3.31. The molecule has 1 aliphatic rings. The van der Waals surface area contributed by atoms with Gasteiger partial charge < -0.3 is 9.88 Å². The summed E-state index contributed by atoms with van der Waals surface area (Å²) in [5.74, 6) is 0.890. The molecule has 0 aliphatic carbocycles. The highest BCUT2D eigenvalue weighted by molar-refractivity contribution is 5.83. The average Bonchev–Trinajstić information content (AvgIpc) is 3.20. The van der Waals surface area contributed by atoms with E-state index in [0.29, 0.717) is 0 Å². The third-order valence-corrected chi connectivity index (χ3v) is 4.67. The molecule has 120 valence electrons. The third-order valence-electron chi connectivity index (χ3n) is 4.67. The highest BCUT2D eigenvalue weighted by Gasteiger charge is 2.21. The molecule has 1 aromatic carbocycles. The van der Waals surface area contributed by atoms with Crippen molar-refractivity contribution in [3.63, 3.8) is 0 Å². The van der Waals surface area contributed by atoms with Crippen LogP contribution in [0.25, 0.3) is 10.9 Å². The van der Waals surface area contributed by atoms with Crippen LogP contribution in [0, 0.1) is 6.92 Å². The van der Waals surface area contributed by atoms with Crippen molar-refractivity contribution in [1.82, 2.24) is 20.2 Å². The molecular formula is C17H21N5O. The van der Waals surface area contributed by atoms with Crippen LogP contribution in [0.2, 0.25) is 0 Å². The maximum absolute atomic E-state index is 4.80. The lowest BCUT2D eigenvalue weighted by Gasteiger charge is -2.34. The van der Waals surface area contributed by atoms with E-state index in [1.807, 2.05) is 6.92 Å². The van der Waals surface area contributed by atoms with Gasteiger partial charge in [0.2, 0.25) is 0 Å². The summed E-state index contributed by atoms with van der Waals surface area (Å²) in [5.41, 5.74) is 3.50. The lowest BCUT2D eigenvalue weighted by molar-refractivity contribution is 0.258. The summed E-state index contributed by atoms with van der Waals surface area (Å²) < 4.78 is 4.80. The minimum Gasteiger partial charge on any atom is -0.361 e. The molecule has 0 saturated carbocycles. The predicted molar refractivity (Wildman–Crippen MR) is 89.7 cm³/mol. The Kier molecular flexibility index (Phi) is 3.75. The molecule has 2 aromatic heterocycles. The van der Waals surface area contributed by atoms with E-state index >= 15 is 0 Å². The molecule has 0 spiro atoms. The van der Waals surface area contributed by atoms with Crippen molar-refractivity contribution in [2.45, 2.75) is 13.3 Å². The number of anilines is 1. The van der Waals surface area contributed by atoms with Gasteiger partial charge in [0.05, 0.1) is 0 Å². The Hall–Kier alpha value is -2.34. The first-order chi connectivity index (χ1) is 11.3. The van der Waals surface area contributed by atoms with Gasteiger partial charge in [-0.05, 0) is 30.1 Å². The highest BCUT2D eigenvalue weighted by atomic mass is 16.6. The minimum atomic E-state index is 0.872. The van der Waals surface area contributed by atoms with Gasteiger partial charge >= 0.3 is 0 Å². The van der Waals surface area contributed by atoms with Crippen molar-refractivity contribution in [2.75, 3.05) is 37.6 Å². The number of hydrogen-bond donors (Lipinski definition) is 1. The van der Waals surface area contributed by atoms with Crippen LogP contribution in [-0.4, -0.2) is 52.9 Å². The Balaban J connectivity index is 1.34. The van der Waals surface area contributed by atoms with Crippen LogP contribution in [0.15, 0.2) is 35.1 Å². The van der Waals surface area contributed by atoms with Crippen molar-refractivity contribution in [1.29, 1.82) is 0 Å². The second-order valence-corrected chi connectivity index (χ2v) is 6.11. The number of benzene rings is 1. The largest absolute Gasteiger partial charge is 0.361 e. The number of H-pyrrole nitrogens is 1. The van der Waals surface area contributed by atoms with E-state index in [2.05, 4.69) is 55.6 Å². The molecule has 6 heteroatoms.